The lowest BCUT2D eigenvalue weighted by atomic mass is 10.1. The van der Waals surface area contributed by atoms with Crippen LogP contribution in [0.1, 0.15) is 19.3 Å². The van der Waals surface area contributed by atoms with Crippen molar-refractivity contribution in [2.75, 3.05) is 19.7 Å². The number of carbonyl (C=O) groups excluding carboxylic acids is 2. The Kier molecular flexibility index (Phi) is 3.98. The van der Waals surface area contributed by atoms with E-state index in [0.29, 0.717) is 12.5 Å². The molecule has 1 saturated heterocycles. The number of amides is 2. The molecule has 8 heteroatoms. The average molecular weight is 280 g/mol. The summed E-state index contributed by atoms with van der Waals surface area (Å²) < 4.78 is 35.5. The molecule has 0 spiro atoms. The van der Waals surface area contributed by atoms with Gasteiger partial charge in [0.15, 0.2) is 6.61 Å². The lowest BCUT2D eigenvalue weighted by Crippen LogP contribution is -2.35. The van der Waals surface area contributed by atoms with Crippen LogP contribution in [-0.4, -0.2) is 42.6 Å². The predicted octanol–water partition coefficient (Wildman–Crippen LogP) is 0.855. The second-order valence-electron chi connectivity index (χ2n) is 5.01. The molecule has 1 atom stereocenters. The van der Waals surface area contributed by atoms with Crippen LogP contribution in [0, 0.1) is 11.8 Å². The molecule has 19 heavy (non-hydrogen) atoms. The van der Waals surface area contributed by atoms with Gasteiger partial charge in [-0.05, 0) is 18.8 Å². The lowest BCUT2D eigenvalue weighted by Gasteiger charge is -2.16. The molecule has 1 saturated carbocycles. The van der Waals surface area contributed by atoms with Gasteiger partial charge in [0.2, 0.25) is 11.8 Å². The molecule has 0 aromatic rings. The maximum atomic E-state index is 11.8. The van der Waals surface area contributed by atoms with E-state index >= 15 is 0 Å². The Bertz CT molecular complexity index is 369. The fraction of sp³-hybridized carbons (Fsp3) is 0.818. The number of carbonyl (C=O) groups is 2. The van der Waals surface area contributed by atoms with Crippen LogP contribution in [0.15, 0.2) is 0 Å². The monoisotopic (exact) mass is 280 g/mol. The molecule has 5 nitrogen and oxygen atoms in total. The highest BCUT2D eigenvalue weighted by molar-refractivity contribution is 5.88. The average Bonchev–Trinajstić information content (AvgIpc) is 3.01. The molecular weight excluding hydrogens is 265 g/mol. The summed E-state index contributed by atoms with van der Waals surface area (Å²) in [6, 6.07) is 0. The van der Waals surface area contributed by atoms with Gasteiger partial charge in [0.25, 0.3) is 0 Å². The smallest absolute Gasteiger partial charge is 0.342 e. The van der Waals surface area contributed by atoms with Gasteiger partial charge in [0.05, 0.1) is 5.92 Å². The van der Waals surface area contributed by atoms with E-state index in [1.807, 2.05) is 0 Å². The molecule has 2 rings (SSSR count). The maximum Gasteiger partial charge on any atom is 0.414 e. The molecule has 1 aliphatic carbocycles. The zero-order valence-electron chi connectivity index (χ0n) is 10.2. The summed E-state index contributed by atoms with van der Waals surface area (Å²) in [6.07, 6.45) is -2.27. The molecule has 2 aliphatic rings. The molecule has 1 aliphatic heterocycles. The molecular formula is C11H15F3N2O3. The number of nitrogens with zero attached hydrogens (tertiary/aromatic N) is 1. The van der Waals surface area contributed by atoms with Crippen LogP contribution in [-0.2, 0) is 14.4 Å². The van der Waals surface area contributed by atoms with Gasteiger partial charge in [-0.2, -0.15) is 13.2 Å². The van der Waals surface area contributed by atoms with E-state index in [1.54, 1.807) is 10.4 Å². The Labute approximate surface area is 108 Å². The minimum Gasteiger partial charge on any atom is -0.342 e. The van der Waals surface area contributed by atoms with Crippen molar-refractivity contribution in [3.63, 3.8) is 0 Å². The largest absolute Gasteiger partial charge is 0.414 e. The summed E-state index contributed by atoms with van der Waals surface area (Å²) in [4.78, 5) is 28.8. The van der Waals surface area contributed by atoms with Crippen molar-refractivity contribution in [3.8, 4) is 0 Å². The van der Waals surface area contributed by atoms with Crippen molar-refractivity contribution in [2.24, 2.45) is 11.8 Å². The normalized spacial score (nSPS) is 23.8. The Morgan fingerprint density at radius 2 is 2.11 bits per heavy atom. The number of halogens is 3. The van der Waals surface area contributed by atoms with E-state index in [-0.39, 0.29) is 18.9 Å². The summed E-state index contributed by atoms with van der Waals surface area (Å²) in [7, 11) is 0. The molecule has 1 N–H and O–H groups in total. The summed E-state index contributed by atoms with van der Waals surface area (Å²) in [6.45, 7) is -0.631. The molecule has 0 radical (unpaired) electrons. The predicted molar refractivity (Wildman–Crippen MR) is 57.6 cm³/mol. The van der Waals surface area contributed by atoms with Gasteiger partial charge in [-0.3, -0.25) is 14.4 Å². The SMILES string of the molecule is O=C(NOCC(F)(F)F)C1CC(=O)N(CC2CC2)C1. The van der Waals surface area contributed by atoms with Crippen LogP contribution in [0.5, 0.6) is 0 Å². The van der Waals surface area contributed by atoms with Crippen LogP contribution in [0.25, 0.3) is 0 Å². The van der Waals surface area contributed by atoms with E-state index in [9.17, 15) is 22.8 Å². The number of hydrogen-bond acceptors (Lipinski definition) is 3. The third-order valence-corrected chi connectivity index (χ3v) is 3.17. The molecule has 0 aromatic carbocycles. The van der Waals surface area contributed by atoms with Gasteiger partial charge in [0.1, 0.15) is 0 Å². The number of alkyl halides is 3. The summed E-state index contributed by atoms with van der Waals surface area (Å²) in [5, 5.41) is 0. The first kappa shape index (κ1) is 14.1. The van der Waals surface area contributed by atoms with Gasteiger partial charge < -0.3 is 4.90 Å². The van der Waals surface area contributed by atoms with Crippen molar-refractivity contribution >= 4 is 11.8 Å². The van der Waals surface area contributed by atoms with Gasteiger partial charge in [0, 0.05) is 19.5 Å². The molecule has 0 bridgehead atoms. The van der Waals surface area contributed by atoms with Gasteiger partial charge in [-0.1, -0.05) is 0 Å². The van der Waals surface area contributed by atoms with Crippen LogP contribution >= 0.6 is 0 Å². The zero-order valence-corrected chi connectivity index (χ0v) is 10.2. The minimum atomic E-state index is -4.49. The van der Waals surface area contributed by atoms with E-state index in [0.717, 1.165) is 12.8 Å². The summed E-state index contributed by atoms with van der Waals surface area (Å²) >= 11 is 0. The van der Waals surface area contributed by atoms with Gasteiger partial charge >= 0.3 is 6.18 Å². The summed E-state index contributed by atoms with van der Waals surface area (Å²) in [5.74, 6) is -0.898. The van der Waals surface area contributed by atoms with Crippen LogP contribution in [0.2, 0.25) is 0 Å². The molecule has 0 aromatic heterocycles. The molecule has 1 unspecified atom stereocenters. The fourth-order valence-corrected chi connectivity index (χ4v) is 2.01. The third kappa shape index (κ3) is 4.38. The van der Waals surface area contributed by atoms with Crippen molar-refractivity contribution in [1.29, 1.82) is 0 Å². The second kappa shape index (κ2) is 5.36. The Morgan fingerprint density at radius 1 is 1.42 bits per heavy atom. The third-order valence-electron chi connectivity index (χ3n) is 3.17. The minimum absolute atomic E-state index is 0.0356. The topological polar surface area (TPSA) is 58.6 Å². The molecule has 2 amide bonds. The second-order valence-corrected chi connectivity index (χ2v) is 5.01. The standard InChI is InChI=1S/C11H15F3N2O3/c12-11(13,14)6-19-15-10(18)8-3-9(17)16(5-8)4-7-1-2-7/h7-8H,1-6H2,(H,15,18). The Morgan fingerprint density at radius 3 is 2.68 bits per heavy atom. The highest BCUT2D eigenvalue weighted by atomic mass is 19.4. The van der Waals surface area contributed by atoms with Gasteiger partial charge in [-0.15, -0.1) is 0 Å². The number of nitrogens with one attached hydrogen (secondary N) is 1. The van der Waals surface area contributed by atoms with E-state index in [2.05, 4.69) is 4.84 Å². The van der Waals surface area contributed by atoms with Crippen LogP contribution in [0.3, 0.4) is 0 Å². The number of rotatable bonds is 5. The zero-order chi connectivity index (χ0) is 14.0. The molecule has 2 fully saturated rings. The highest BCUT2D eigenvalue weighted by Gasteiger charge is 2.37. The van der Waals surface area contributed by atoms with Crippen molar-refractivity contribution < 1.29 is 27.6 Å². The number of likely N-dealkylation sites (tertiary alicyclic amines) is 1. The maximum absolute atomic E-state index is 11.8. The Balaban J connectivity index is 1.72. The van der Waals surface area contributed by atoms with Gasteiger partial charge in [-0.25, -0.2) is 5.48 Å². The number of hydrogen-bond donors (Lipinski definition) is 1. The Hall–Kier alpha value is -1.31. The number of hydroxylamine groups is 1. The van der Waals surface area contributed by atoms with Crippen LogP contribution in [0.4, 0.5) is 13.2 Å². The first-order chi connectivity index (χ1) is 8.85. The van der Waals surface area contributed by atoms with E-state index < -0.39 is 24.6 Å². The fourth-order valence-electron chi connectivity index (χ4n) is 2.01. The summed E-state index contributed by atoms with van der Waals surface area (Å²) in [5.41, 5.74) is 1.75. The lowest BCUT2D eigenvalue weighted by molar-refractivity contribution is -0.192. The van der Waals surface area contributed by atoms with Crippen molar-refractivity contribution in [2.45, 2.75) is 25.4 Å². The van der Waals surface area contributed by atoms with E-state index in [4.69, 9.17) is 0 Å². The highest BCUT2D eigenvalue weighted by Crippen LogP contribution is 2.32. The van der Waals surface area contributed by atoms with E-state index in [1.165, 1.54) is 0 Å². The van der Waals surface area contributed by atoms with Crippen LogP contribution < -0.4 is 5.48 Å². The molecule has 1 heterocycles. The first-order valence-corrected chi connectivity index (χ1v) is 6.11. The van der Waals surface area contributed by atoms with Crippen molar-refractivity contribution in [1.82, 2.24) is 10.4 Å². The van der Waals surface area contributed by atoms with Crippen molar-refractivity contribution in [3.05, 3.63) is 0 Å². The quantitative estimate of drug-likeness (QED) is 0.760. The first-order valence-electron chi connectivity index (χ1n) is 6.11. The molecule has 108 valence electrons.